The van der Waals surface area contributed by atoms with Gasteiger partial charge in [-0.15, -0.1) is 0 Å². The number of carboxylic acid groups (broad SMARTS) is 1. The summed E-state index contributed by atoms with van der Waals surface area (Å²) in [6.45, 7) is 16.0. The molecule has 0 saturated carbocycles. The molecule has 7 aliphatic rings. The summed E-state index contributed by atoms with van der Waals surface area (Å²) < 4.78 is 16.7. The summed E-state index contributed by atoms with van der Waals surface area (Å²) in [4.78, 5) is 111. The Morgan fingerprint density at radius 1 is 0.381 bits per heavy atom. The Morgan fingerprint density at radius 2 is 0.731 bits per heavy atom. The number of carbonyl (C=O) groups is 4. The van der Waals surface area contributed by atoms with Gasteiger partial charge in [0.05, 0.1) is 45.1 Å². The lowest BCUT2D eigenvalue weighted by molar-refractivity contribution is -0.144. The van der Waals surface area contributed by atoms with Gasteiger partial charge in [-0.25, -0.2) is 39.9 Å². The highest BCUT2D eigenvalue weighted by Gasteiger charge is 2.31. The van der Waals surface area contributed by atoms with Gasteiger partial charge in [-0.1, -0.05) is 139 Å². The number of aromatic nitrogens is 16. The number of nitrogens with zero attached hydrogens (tertiary/aromatic N) is 21. The minimum atomic E-state index is -0.945. The number of carbonyl (C=O) groups excluding carboxylic acids is 3. The first-order valence-electron chi connectivity index (χ1n) is 44.1. The number of phenols is 3. The van der Waals surface area contributed by atoms with Crippen molar-refractivity contribution in [2.24, 2.45) is 0 Å². The molecule has 0 atom stereocenters. The molecule has 4 aliphatic carbocycles. The molecule has 3 fully saturated rings. The molecule has 35 heteroatoms. The van der Waals surface area contributed by atoms with E-state index in [4.69, 9.17) is 69.3 Å². The van der Waals surface area contributed by atoms with Crippen molar-refractivity contribution in [3.8, 4) is 17.2 Å². The molecule has 3 aliphatic heterocycles. The van der Waals surface area contributed by atoms with Gasteiger partial charge in [-0.3, -0.25) is 19.2 Å². The quantitative estimate of drug-likeness (QED) is 0.0302. The van der Waals surface area contributed by atoms with Crippen LogP contribution in [0.3, 0.4) is 0 Å². The fourth-order valence-corrected chi connectivity index (χ4v) is 17.6. The highest BCUT2D eigenvalue weighted by atomic mass is 35.5. The van der Waals surface area contributed by atoms with Crippen molar-refractivity contribution in [2.45, 2.75) is 72.6 Å². The van der Waals surface area contributed by atoms with E-state index >= 15 is 0 Å². The van der Waals surface area contributed by atoms with Gasteiger partial charge in [0.25, 0.3) is 0 Å². The molecule has 32 nitrogen and oxygen atoms in total. The van der Waals surface area contributed by atoms with Crippen molar-refractivity contribution in [3.63, 3.8) is 0 Å². The summed E-state index contributed by atoms with van der Waals surface area (Å²) in [5.74, 6) is 0.443. The van der Waals surface area contributed by atoms with Gasteiger partial charge in [0, 0.05) is 112 Å². The number of nitrogens with one attached hydrogen (secondary N) is 1. The number of rotatable bonds is 18. The molecule has 0 unspecified atom stereocenters. The molecule has 134 heavy (non-hydrogen) atoms. The molecule has 11 heterocycles. The Bertz CT molecular complexity index is 6980. The number of ether oxygens (including phenoxy) is 2. The molecule has 0 amide bonds. The summed E-state index contributed by atoms with van der Waals surface area (Å²) in [6, 6.07) is 55.2. The SMILES string of the molecule is C1=Cc2ccccc2C1.CC(=O)Cn1cnc2c(Cl)nc(Cl)nc21.CCOC(=O)Cn1cnc2c(C3=CCc4ccccc43)nc(Cl)nc21.CCOC(=O)Cn1cnc2c(C3=CCc4ccccc43)nc(N3CCN(c4ccc(O)cc4)CC3)nc21.O=C(O)Cn1cnc2c(C3=CCc4ccccc43)nc(N3CCN(c4ccc(O)cc4)CC3)nc21.Oc1ccc(N2CCNCC2)cc1. The van der Waals surface area contributed by atoms with E-state index in [1.807, 2.05) is 66.7 Å². The zero-order valence-corrected chi connectivity index (χ0v) is 75.9. The standard InChI is InChI=1S/C28H28N6O3.C26H24N6O3.C18H15ClN4O2.C10H14N2O.C9H8.C8H6Cl2N4O/c1-2-37-24(36)17-34-18-29-26-25(23-12-7-19-5-3-4-6-22(19)23)30-28(31-27(26)34)33-15-13-32(14-16-33)20-8-10-21(35)11-9-20;33-19-8-6-18(7-9-19)30-11-13-31(14-12-30)26-28-23(21-10-5-17-3-1-2-4-20(17)21)24-25(29-26)32(16-27-24)15-22(34)35;1-2-25-14(24)9-23-10-20-16-15(21-18(19)22-17(16)23)13-8-7-11-5-3-4-6-12(11)13;13-10-3-1-9(2-4-10)12-7-5-11-6-8-12;1-2-5-9-7-3-6-8(9)4-1;1-4(15)2-14-3-11-5-6(9)12-8(10)13-7(5)14/h3-6,8-12,18,35H,2,7,13-17H2,1H3;1-4,6-10,16,33H,5,11-15H2,(H,34,35);3-6,8,10H,2,7,9H2,1H3;1-4,11,13H,5-8H2;1-6H,7H2;3H,2H2,1H3. The van der Waals surface area contributed by atoms with Crippen molar-refractivity contribution >= 4 is 155 Å². The summed E-state index contributed by atoms with van der Waals surface area (Å²) in [7, 11) is 0. The average molecular weight is 1860 g/mol. The minimum Gasteiger partial charge on any atom is -0.508 e. The van der Waals surface area contributed by atoms with Crippen LogP contribution in [-0.2, 0) is 80.5 Å². The van der Waals surface area contributed by atoms with Gasteiger partial charge in [0.15, 0.2) is 27.7 Å². The van der Waals surface area contributed by atoms with Gasteiger partial charge in [0.2, 0.25) is 22.5 Å². The number of benzene rings is 7. The number of aliphatic carboxylic acids is 1. The molecule has 5 N–H and O–H groups in total. The second-order valence-electron chi connectivity index (χ2n) is 32.2. The maximum Gasteiger partial charge on any atom is 0.326 e. The number of allylic oxidation sites excluding steroid dienone is 4. The van der Waals surface area contributed by atoms with E-state index in [0.717, 1.165) is 147 Å². The zero-order chi connectivity index (χ0) is 92.9. The zero-order valence-electron chi connectivity index (χ0n) is 73.7. The fourth-order valence-electron chi connectivity index (χ4n) is 17.0. The van der Waals surface area contributed by atoms with Crippen LogP contribution in [0.1, 0.15) is 82.4 Å². The van der Waals surface area contributed by atoms with Crippen molar-refractivity contribution in [2.75, 3.05) is 116 Å². The third-order valence-corrected chi connectivity index (χ3v) is 24.1. The predicted molar refractivity (Wildman–Crippen MR) is 517 cm³/mol. The number of aromatic hydroxyl groups is 3. The molecule has 8 aromatic heterocycles. The van der Waals surface area contributed by atoms with E-state index in [2.05, 4.69) is 167 Å². The number of imidazole rings is 4. The molecule has 7 aromatic carbocycles. The topological polar surface area (TPSA) is 370 Å². The minimum absolute atomic E-state index is 0.000146. The van der Waals surface area contributed by atoms with Gasteiger partial charge in [-0.05, 0) is 187 Å². The van der Waals surface area contributed by atoms with Crippen molar-refractivity contribution in [1.29, 1.82) is 0 Å². The van der Waals surface area contributed by atoms with E-state index in [-0.39, 0.29) is 71.1 Å². The average Bonchev–Trinajstić information content (AvgIpc) is 1.60. The Balaban J connectivity index is 0.000000119. The van der Waals surface area contributed by atoms with Crippen LogP contribution in [0.15, 0.2) is 219 Å². The third kappa shape index (κ3) is 21.0. The second kappa shape index (κ2) is 41.6. The lowest BCUT2D eigenvalue weighted by Crippen LogP contribution is -2.47. The number of carboxylic acids is 1. The smallest absolute Gasteiger partial charge is 0.326 e. The molecule has 682 valence electrons. The maximum atomic E-state index is 12.3. The number of anilines is 5. The third-order valence-electron chi connectivity index (χ3n) is 23.5. The number of piperazine rings is 3. The molecule has 3 saturated heterocycles. The number of esters is 2. The Labute approximate surface area is 785 Å². The summed E-state index contributed by atoms with van der Waals surface area (Å²) in [5, 5.41) is 41.4. The summed E-state index contributed by atoms with van der Waals surface area (Å²) in [5.41, 5.74) is 23.1. The normalized spacial score (nSPS) is 14.4. The van der Waals surface area contributed by atoms with Gasteiger partial charge < -0.3 is 78.0 Å². The Hall–Kier alpha value is -15.0. The van der Waals surface area contributed by atoms with E-state index < -0.39 is 5.97 Å². The van der Waals surface area contributed by atoms with Crippen LogP contribution in [0, 0.1) is 0 Å². The van der Waals surface area contributed by atoms with Crippen molar-refractivity contribution in [1.82, 2.24) is 83.4 Å². The first-order valence-corrected chi connectivity index (χ1v) is 45.2. The summed E-state index contributed by atoms with van der Waals surface area (Å²) >= 11 is 17.6. The Kier molecular flexibility index (Phi) is 28.2. The number of phenolic OH excluding ortho intramolecular Hbond substituents is 3. The lowest BCUT2D eigenvalue weighted by Gasteiger charge is -2.36. The monoisotopic (exact) mass is 1860 g/mol. The van der Waals surface area contributed by atoms with Crippen LogP contribution in [0.2, 0.25) is 15.7 Å². The fraction of sp³-hybridized carbons (Fsp3) is 0.253. The van der Waals surface area contributed by atoms with E-state index in [9.17, 15) is 34.5 Å². The summed E-state index contributed by atoms with van der Waals surface area (Å²) in [6.07, 6.45) is 20.7. The highest BCUT2D eigenvalue weighted by molar-refractivity contribution is 6.35. The number of ketones is 1. The molecule has 0 radical (unpaired) electrons. The lowest BCUT2D eigenvalue weighted by atomic mass is 10.0. The highest BCUT2D eigenvalue weighted by Crippen LogP contribution is 2.40. The van der Waals surface area contributed by atoms with Gasteiger partial charge in [-0.2, -0.15) is 19.9 Å². The number of halogens is 3. The first kappa shape index (κ1) is 90.9. The number of hydrogen-bond acceptors (Lipinski definition) is 27. The van der Waals surface area contributed by atoms with Crippen LogP contribution in [0.25, 0.3) is 67.5 Å². The maximum absolute atomic E-state index is 12.3. The predicted octanol–water partition coefficient (Wildman–Crippen LogP) is 14.2. The number of Topliss-reactive ketones (excluding diaryl/α,β-unsaturated/α-hetero) is 1. The molecular formula is C99H95Cl3N22O10. The Morgan fingerprint density at radius 3 is 1.14 bits per heavy atom. The van der Waals surface area contributed by atoms with Gasteiger partial charge >= 0.3 is 17.9 Å². The number of hydrogen-bond donors (Lipinski definition) is 5. The van der Waals surface area contributed by atoms with Crippen LogP contribution < -0.4 is 29.8 Å². The van der Waals surface area contributed by atoms with Crippen LogP contribution >= 0.6 is 34.8 Å². The van der Waals surface area contributed by atoms with Crippen molar-refractivity contribution in [3.05, 3.63) is 297 Å². The first-order chi connectivity index (χ1) is 65.2. The number of fused-ring (bicyclic) bond motifs is 8. The van der Waals surface area contributed by atoms with E-state index in [0.29, 0.717) is 94.3 Å². The molecule has 0 spiro atoms. The molecule has 0 bridgehead atoms. The van der Waals surface area contributed by atoms with Crippen LogP contribution in [0.4, 0.5) is 29.0 Å². The molecular weight excluding hydrogens is 1760 g/mol. The molecule has 15 aromatic rings. The van der Waals surface area contributed by atoms with Crippen LogP contribution in [-0.4, -0.2) is 214 Å². The largest absolute Gasteiger partial charge is 0.508 e. The van der Waals surface area contributed by atoms with E-state index in [1.54, 1.807) is 81.2 Å². The van der Waals surface area contributed by atoms with Gasteiger partial charge in [0.1, 0.15) is 81.8 Å². The van der Waals surface area contributed by atoms with Crippen molar-refractivity contribution < 1.29 is 49.1 Å². The molecule has 22 rings (SSSR count). The van der Waals surface area contributed by atoms with Crippen LogP contribution in [0.5, 0.6) is 17.2 Å². The van der Waals surface area contributed by atoms with E-state index in [1.165, 1.54) is 53.1 Å². The second-order valence-corrected chi connectivity index (χ2v) is 33.3.